The van der Waals surface area contributed by atoms with Gasteiger partial charge in [0.25, 0.3) is 0 Å². The second kappa shape index (κ2) is 5.81. The van der Waals surface area contributed by atoms with Crippen molar-refractivity contribution in [1.29, 1.82) is 0 Å². The summed E-state index contributed by atoms with van der Waals surface area (Å²) in [7, 11) is 0. The largest absolute Gasteiger partial charge is 0.393 e. The van der Waals surface area contributed by atoms with Gasteiger partial charge in [0, 0.05) is 25.0 Å². The lowest BCUT2D eigenvalue weighted by molar-refractivity contribution is 0.0348. The van der Waals surface area contributed by atoms with Crippen LogP contribution in [-0.4, -0.2) is 40.5 Å². The Morgan fingerprint density at radius 1 is 1.24 bits per heavy atom. The third-order valence-electron chi connectivity index (χ3n) is 4.71. The summed E-state index contributed by atoms with van der Waals surface area (Å²) >= 11 is 0. The van der Waals surface area contributed by atoms with Crippen molar-refractivity contribution in [3.8, 4) is 0 Å². The summed E-state index contributed by atoms with van der Waals surface area (Å²) in [5.74, 6) is -2.40. The summed E-state index contributed by atoms with van der Waals surface area (Å²) in [4.78, 5) is 14.3. The Labute approximate surface area is 122 Å². The van der Waals surface area contributed by atoms with E-state index in [9.17, 15) is 18.7 Å². The summed E-state index contributed by atoms with van der Waals surface area (Å²) in [5, 5.41) is 9.75. The molecule has 0 spiro atoms. The molecule has 2 atom stereocenters. The van der Waals surface area contributed by atoms with E-state index >= 15 is 0 Å². The Morgan fingerprint density at radius 2 is 1.90 bits per heavy atom. The molecule has 21 heavy (non-hydrogen) atoms. The molecule has 2 fully saturated rings. The number of rotatable bonds is 4. The van der Waals surface area contributed by atoms with E-state index in [-0.39, 0.29) is 23.9 Å². The minimum atomic E-state index is -1.06. The van der Waals surface area contributed by atoms with Gasteiger partial charge in [-0.05, 0) is 37.8 Å². The average molecular weight is 295 g/mol. The number of Topliss-reactive ketones (excluding diaryl/α,β-unsaturated/α-hetero) is 1. The SMILES string of the molecule is O=C(CCN1C2CCC1CC(O)C2)c1cccc(F)c1F. The minimum Gasteiger partial charge on any atom is -0.393 e. The Balaban J connectivity index is 1.63. The second-order valence-corrected chi connectivity index (χ2v) is 6.02. The molecule has 2 bridgehead atoms. The number of ketones is 1. The highest BCUT2D eigenvalue weighted by molar-refractivity contribution is 5.96. The minimum absolute atomic E-state index is 0.167. The van der Waals surface area contributed by atoms with Crippen molar-refractivity contribution in [2.24, 2.45) is 0 Å². The molecular formula is C16H19F2NO2. The van der Waals surface area contributed by atoms with Crippen LogP contribution in [0.5, 0.6) is 0 Å². The van der Waals surface area contributed by atoms with Gasteiger partial charge in [-0.15, -0.1) is 0 Å². The van der Waals surface area contributed by atoms with Crippen LogP contribution in [0.15, 0.2) is 18.2 Å². The van der Waals surface area contributed by atoms with E-state index in [1.165, 1.54) is 12.1 Å². The molecule has 1 aromatic carbocycles. The lowest BCUT2D eigenvalue weighted by Crippen LogP contribution is -2.45. The van der Waals surface area contributed by atoms with Crippen LogP contribution in [0.4, 0.5) is 8.78 Å². The van der Waals surface area contributed by atoms with Crippen LogP contribution in [0.3, 0.4) is 0 Å². The molecule has 1 aromatic rings. The van der Waals surface area contributed by atoms with E-state index in [1.807, 2.05) is 0 Å². The number of carbonyl (C=O) groups is 1. The van der Waals surface area contributed by atoms with Gasteiger partial charge in [0.05, 0.1) is 11.7 Å². The van der Waals surface area contributed by atoms with Gasteiger partial charge in [0.2, 0.25) is 0 Å². The number of benzene rings is 1. The highest BCUT2D eigenvalue weighted by Crippen LogP contribution is 2.35. The first kappa shape index (κ1) is 14.6. The number of halogens is 2. The van der Waals surface area contributed by atoms with Crippen LogP contribution in [0.2, 0.25) is 0 Å². The lowest BCUT2D eigenvalue weighted by Gasteiger charge is -2.37. The van der Waals surface area contributed by atoms with Gasteiger partial charge in [-0.25, -0.2) is 8.78 Å². The summed E-state index contributed by atoms with van der Waals surface area (Å²) in [6, 6.07) is 4.34. The molecule has 2 aliphatic heterocycles. The summed E-state index contributed by atoms with van der Waals surface area (Å²) in [5.41, 5.74) is -0.167. The molecule has 2 heterocycles. The summed E-state index contributed by atoms with van der Waals surface area (Å²) in [6.07, 6.45) is 3.53. The van der Waals surface area contributed by atoms with Crippen LogP contribution in [0, 0.1) is 11.6 Å². The zero-order valence-electron chi connectivity index (χ0n) is 11.8. The number of aliphatic hydroxyl groups is 1. The van der Waals surface area contributed by atoms with E-state index in [2.05, 4.69) is 4.90 Å². The smallest absolute Gasteiger partial charge is 0.169 e. The predicted molar refractivity (Wildman–Crippen MR) is 74.1 cm³/mol. The van der Waals surface area contributed by atoms with Crippen molar-refractivity contribution in [2.75, 3.05) is 6.54 Å². The van der Waals surface area contributed by atoms with Gasteiger partial charge in [-0.3, -0.25) is 9.69 Å². The van der Waals surface area contributed by atoms with E-state index < -0.39 is 11.6 Å². The first-order chi connectivity index (χ1) is 10.1. The number of aliphatic hydroxyl groups excluding tert-OH is 1. The number of hydrogen-bond donors (Lipinski definition) is 1. The topological polar surface area (TPSA) is 40.5 Å². The van der Waals surface area contributed by atoms with Crippen molar-refractivity contribution in [2.45, 2.75) is 50.3 Å². The van der Waals surface area contributed by atoms with Crippen molar-refractivity contribution >= 4 is 5.78 Å². The maximum atomic E-state index is 13.6. The van der Waals surface area contributed by atoms with Crippen molar-refractivity contribution < 1.29 is 18.7 Å². The van der Waals surface area contributed by atoms with Gasteiger partial charge in [0.15, 0.2) is 17.4 Å². The third-order valence-corrected chi connectivity index (χ3v) is 4.71. The van der Waals surface area contributed by atoms with Crippen LogP contribution in [0.25, 0.3) is 0 Å². The first-order valence-electron chi connectivity index (χ1n) is 7.47. The van der Waals surface area contributed by atoms with E-state index in [4.69, 9.17) is 0 Å². The Bertz CT molecular complexity index is 535. The zero-order valence-corrected chi connectivity index (χ0v) is 11.8. The van der Waals surface area contributed by atoms with Crippen molar-refractivity contribution in [3.63, 3.8) is 0 Å². The van der Waals surface area contributed by atoms with E-state index in [0.717, 1.165) is 31.7 Å². The fraction of sp³-hybridized carbons (Fsp3) is 0.562. The molecule has 3 nitrogen and oxygen atoms in total. The molecule has 2 aliphatic rings. The number of hydrogen-bond acceptors (Lipinski definition) is 3. The first-order valence-corrected chi connectivity index (χ1v) is 7.47. The number of carbonyl (C=O) groups excluding carboxylic acids is 1. The molecule has 0 amide bonds. The molecule has 2 unspecified atom stereocenters. The van der Waals surface area contributed by atoms with Gasteiger partial charge in [-0.2, -0.15) is 0 Å². The van der Waals surface area contributed by atoms with Crippen LogP contribution in [-0.2, 0) is 0 Å². The quantitative estimate of drug-likeness (QED) is 0.868. The standard InChI is InChI=1S/C16H19F2NO2/c17-14-3-1-2-13(16(14)18)15(21)6-7-19-10-4-5-11(19)9-12(20)8-10/h1-3,10-12,20H,4-9H2. The maximum absolute atomic E-state index is 13.6. The fourth-order valence-corrected chi connectivity index (χ4v) is 3.70. The predicted octanol–water partition coefficient (Wildman–Crippen LogP) is 2.53. The third kappa shape index (κ3) is 2.85. The summed E-state index contributed by atoms with van der Waals surface area (Å²) < 4.78 is 26.7. The number of piperidine rings is 1. The number of fused-ring (bicyclic) bond motifs is 2. The van der Waals surface area contributed by atoms with Crippen molar-refractivity contribution in [3.05, 3.63) is 35.4 Å². The molecule has 0 radical (unpaired) electrons. The molecule has 5 heteroatoms. The highest BCUT2D eigenvalue weighted by Gasteiger charge is 2.39. The zero-order chi connectivity index (χ0) is 15.0. The molecule has 0 aliphatic carbocycles. The molecule has 0 aromatic heterocycles. The monoisotopic (exact) mass is 295 g/mol. The molecular weight excluding hydrogens is 276 g/mol. The molecule has 3 rings (SSSR count). The maximum Gasteiger partial charge on any atom is 0.169 e. The molecule has 114 valence electrons. The fourth-order valence-electron chi connectivity index (χ4n) is 3.70. The van der Waals surface area contributed by atoms with Gasteiger partial charge >= 0.3 is 0 Å². The molecule has 0 saturated carbocycles. The van der Waals surface area contributed by atoms with E-state index in [1.54, 1.807) is 0 Å². The molecule has 1 N–H and O–H groups in total. The van der Waals surface area contributed by atoms with Gasteiger partial charge < -0.3 is 5.11 Å². The highest BCUT2D eigenvalue weighted by atomic mass is 19.2. The van der Waals surface area contributed by atoms with Crippen LogP contribution >= 0.6 is 0 Å². The molecule has 2 saturated heterocycles. The van der Waals surface area contributed by atoms with E-state index in [0.29, 0.717) is 18.6 Å². The van der Waals surface area contributed by atoms with Gasteiger partial charge in [0.1, 0.15) is 0 Å². The Kier molecular flexibility index (Phi) is 4.04. The Hall–Kier alpha value is -1.33. The average Bonchev–Trinajstić information content (AvgIpc) is 2.69. The van der Waals surface area contributed by atoms with Crippen LogP contribution in [0.1, 0.15) is 42.5 Å². The Morgan fingerprint density at radius 3 is 2.57 bits per heavy atom. The van der Waals surface area contributed by atoms with Gasteiger partial charge in [-0.1, -0.05) is 6.07 Å². The summed E-state index contributed by atoms with van der Waals surface area (Å²) in [6.45, 7) is 0.552. The lowest BCUT2D eigenvalue weighted by atomic mass is 9.99. The van der Waals surface area contributed by atoms with Crippen LogP contribution < -0.4 is 0 Å². The number of nitrogens with zero attached hydrogens (tertiary/aromatic N) is 1. The van der Waals surface area contributed by atoms with Crippen molar-refractivity contribution in [1.82, 2.24) is 4.90 Å². The normalized spacial score (nSPS) is 28.8. The second-order valence-electron chi connectivity index (χ2n) is 6.02.